The summed E-state index contributed by atoms with van der Waals surface area (Å²) in [6, 6.07) is 81.5. The van der Waals surface area contributed by atoms with Crippen molar-refractivity contribution < 1.29 is 0 Å². The molecule has 0 fully saturated rings. The van der Waals surface area contributed by atoms with Crippen LogP contribution in [0.5, 0.6) is 0 Å². The van der Waals surface area contributed by atoms with Crippen molar-refractivity contribution in [2.45, 2.75) is 0 Å². The average Bonchev–Trinajstić information content (AvgIpc) is 3.95. The number of aromatic nitrogens is 2. The first-order valence-corrected chi connectivity index (χ1v) is 22.8. The predicted molar refractivity (Wildman–Crippen MR) is 252 cm³/mol. The monoisotopic (exact) mass is 772 g/mol. The number of para-hydroxylation sites is 3. The maximum atomic E-state index is 2.56. The molecule has 3 aromatic heterocycles. The molecule has 0 bridgehead atoms. The Bertz CT molecular complexity index is 3360. The van der Waals surface area contributed by atoms with E-state index >= 15 is 0 Å². The zero-order valence-electron chi connectivity index (χ0n) is 31.6. The molecule has 0 aliphatic heterocycles. The van der Waals surface area contributed by atoms with Gasteiger partial charge in [0.25, 0.3) is 0 Å². The molecule has 12 rings (SSSR count). The van der Waals surface area contributed by atoms with Gasteiger partial charge in [0.15, 0.2) is 8.07 Å². The van der Waals surface area contributed by atoms with E-state index in [0.29, 0.717) is 0 Å². The Morgan fingerprint density at radius 3 is 1.33 bits per heavy atom. The molecule has 0 unspecified atom stereocenters. The van der Waals surface area contributed by atoms with Crippen LogP contribution in [0.15, 0.2) is 218 Å². The first-order chi connectivity index (χ1) is 28.8. The predicted octanol–water partition coefficient (Wildman–Crippen LogP) is 11.6. The van der Waals surface area contributed by atoms with Crippen molar-refractivity contribution in [2.24, 2.45) is 0 Å². The summed E-state index contributed by atoms with van der Waals surface area (Å²) in [5.74, 6) is 0. The number of hydrogen-bond donors (Lipinski definition) is 0. The van der Waals surface area contributed by atoms with Crippen molar-refractivity contribution in [2.75, 3.05) is 0 Å². The summed E-state index contributed by atoms with van der Waals surface area (Å²) in [5.41, 5.74) is 7.24. The van der Waals surface area contributed by atoms with Gasteiger partial charge in [0.1, 0.15) is 0 Å². The van der Waals surface area contributed by atoms with Gasteiger partial charge in [-0.05, 0) is 69.3 Å². The Balaban J connectivity index is 1.21. The van der Waals surface area contributed by atoms with Gasteiger partial charge in [-0.15, -0.1) is 11.3 Å². The molecule has 0 saturated carbocycles. The first-order valence-electron chi connectivity index (χ1n) is 19.9. The van der Waals surface area contributed by atoms with E-state index in [-0.39, 0.29) is 0 Å². The van der Waals surface area contributed by atoms with E-state index in [1.54, 1.807) is 0 Å². The van der Waals surface area contributed by atoms with Crippen LogP contribution in [0.2, 0.25) is 0 Å². The largest absolute Gasteiger partial charge is 0.309 e. The van der Waals surface area contributed by atoms with Crippen molar-refractivity contribution in [3.63, 3.8) is 0 Å². The number of nitrogens with zero attached hydrogens (tertiary/aromatic N) is 2. The normalized spacial score (nSPS) is 12.1. The van der Waals surface area contributed by atoms with Crippen molar-refractivity contribution in [3.8, 4) is 11.4 Å². The van der Waals surface area contributed by atoms with Crippen molar-refractivity contribution in [1.82, 2.24) is 9.13 Å². The highest BCUT2D eigenvalue weighted by Gasteiger charge is 2.42. The topological polar surface area (TPSA) is 9.86 Å². The molecule has 2 nitrogen and oxygen atoms in total. The Morgan fingerprint density at radius 1 is 0.310 bits per heavy atom. The fourth-order valence-electron chi connectivity index (χ4n) is 9.82. The van der Waals surface area contributed by atoms with Gasteiger partial charge in [-0.3, -0.25) is 0 Å². The molecule has 0 atom stereocenters. The third-order valence-corrected chi connectivity index (χ3v) is 18.2. The van der Waals surface area contributed by atoms with Gasteiger partial charge in [-0.2, -0.15) is 0 Å². The minimum Gasteiger partial charge on any atom is -0.309 e. The highest BCUT2D eigenvalue weighted by atomic mass is 32.1. The number of rotatable bonds is 6. The van der Waals surface area contributed by atoms with Crippen molar-refractivity contribution in [3.05, 3.63) is 218 Å². The Hall–Kier alpha value is -6.98. The summed E-state index contributed by atoms with van der Waals surface area (Å²) < 4.78 is 7.59. The molecule has 0 N–H and O–H groups in total. The average molecular weight is 773 g/mol. The van der Waals surface area contributed by atoms with Gasteiger partial charge in [0.05, 0.1) is 32.5 Å². The van der Waals surface area contributed by atoms with Crippen LogP contribution in [0, 0.1) is 0 Å². The molecule has 0 aliphatic carbocycles. The minimum absolute atomic E-state index is 1.16. The van der Waals surface area contributed by atoms with Gasteiger partial charge in [-0.1, -0.05) is 170 Å². The second-order valence-electron chi connectivity index (χ2n) is 15.2. The molecule has 4 heteroatoms. The lowest BCUT2D eigenvalue weighted by Gasteiger charge is -2.35. The number of fused-ring (bicyclic) bond motifs is 9. The quantitative estimate of drug-likeness (QED) is 0.118. The fraction of sp³-hybridized carbons (Fsp3) is 0. The fourth-order valence-corrected chi connectivity index (χ4v) is 15.8. The van der Waals surface area contributed by atoms with Gasteiger partial charge < -0.3 is 9.13 Å². The maximum absolute atomic E-state index is 2.87. The highest BCUT2D eigenvalue weighted by Crippen LogP contribution is 2.42. The van der Waals surface area contributed by atoms with Gasteiger partial charge >= 0.3 is 0 Å². The summed E-state index contributed by atoms with van der Waals surface area (Å²) in [7, 11) is -2.87. The summed E-state index contributed by atoms with van der Waals surface area (Å²) in [4.78, 5) is 0. The van der Waals surface area contributed by atoms with Crippen LogP contribution < -0.4 is 20.7 Å². The van der Waals surface area contributed by atoms with Crippen molar-refractivity contribution in [1.29, 1.82) is 0 Å². The Labute approximate surface area is 341 Å². The van der Waals surface area contributed by atoms with Gasteiger partial charge in [0, 0.05) is 42.7 Å². The summed E-state index contributed by atoms with van der Waals surface area (Å²) in [6.07, 6.45) is 0. The van der Waals surface area contributed by atoms with E-state index in [1.165, 1.54) is 90.2 Å². The van der Waals surface area contributed by atoms with Gasteiger partial charge in [0.2, 0.25) is 0 Å². The number of hydrogen-bond acceptors (Lipinski definition) is 1. The smallest absolute Gasteiger partial charge is 0.179 e. The standard InChI is InChI=1S/C54H36N2SSi/c1-4-18-38(19-5-1)58(39-20-6-2-7-21-39,40-22-8-3-9-23-40)41-35-47-45-27-13-17-31-53(45)57-54(47)52(36-41)56-50-30-16-12-26-44(50)46-34-37(32-33-51(46)56)55-48-28-14-10-24-42(48)43-25-11-15-29-49(43)55/h1-36H. The van der Waals surface area contributed by atoms with E-state index in [4.69, 9.17) is 0 Å². The zero-order chi connectivity index (χ0) is 38.2. The third kappa shape index (κ3) is 4.76. The van der Waals surface area contributed by atoms with Crippen LogP contribution >= 0.6 is 11.3 Å². The van der Waals surface area contributed by atoms with Crippen LogP contribution in [0.1, 0.15) is 0 Å². The Morgan fingerprint density at radius 2 is 0.759 bits per heavy atom. The molecule has 0 spiro atoms. The number of thiophene rings is 1. The van der Waals surface area contributed by atoms with Crippen molar-refractivity contribution >= 4 is 104 Å². The van der Waals surface area contributed by atoms with E-state index in [0.717, 1.165) is 5.69 Å². The van der Waals surface area contributed by atoms with Crippen LogP contribution in [0.25, 0.3) is 75.2 Å². The van der Waals surface area contributed by atoms with Crippen LogP contribution in [-0.4, -0.2) is 17.2 Å². The van der Waals surface area contributed by atoms with Crippen LogP contribution in [0.4, 0.5) is 0 Å². The summed E-state index contributed by atoms with van der Waals surface area (Å²) >= 11 is 1.90. The molecule has 0 aliphatic rings. The van der Waals surface area contributed by atoms with Crippen LogP contribution in [-0.2, 0) is 0 Å². The molecule has 0 amide bonds. The molecule has 9 aromatic carbocycles. The SMILES string of the molecule is c1ccc([Si](c2ccccc2)(c2ccccc2)c2cc(-n3c4ccccc4c4cc(-n5c6ccccc6c6ccccc65)ccc43)c3sc4ccccc4c3c2)cc1. The lowest BCUT2D eigenvalue weighted by Crippen LogP contribution is -2.74. The lowest BCUT2D eigenvalue weighted by molar-refractivity contribution is 1.17. The third-order valence-electron chi connectivity index (χ3n) is 12.2. The maximum Gasteiger partial charge on any atom is 0.179 e. The highest BCUT2D eigenvalue weighted by molar-refractivity contribution is 7.26. The van der Waals surface area contributed by atoms with E-state index < -0.39 is 8.07 Å². The molecular formula is C54H36N2SSi. The Kier molecular flexibility index (Phi) is 7.46. The van der Waals surface area contributed by atoms with Crippen LogP contribution in [0.3, 0.4) is 0 Å². The molecule has 12 aromatic rings. The minimum atomic E-state index is -2.87. The molecule has 272 valence electrons. The second-order valence-corrected chi connectivity index (χ2v) is 20.1. The van der Waals surface area contributed by atoms with Gasteiger partial charge in [-0.25, -0.2) is 0 Å². The zero-order valence-corrected chi connectivity index (χ0v) is 33.4. The lowest BCUT2D eigenvalue weighted by atomic mass is 10.1. The van der Waals surface area contributed by atoms with E-state index in [2.05, 4.69) is 228 Å². The second kappa shape index (κ2) is 13.0. The molecule has 0 radical (unpaired) electrons. The first kappa shape index (κ1) is 33.2. The molecule has 58 heavy (non-hydrogen) atoms. The molecule has 3 heterocycles. The van der Waals surface area contributed by atoms with E-state index in [1.807, 2.05) is 11.3 Å². The number of benzene rings is 9. The summed E-state index contributed by atoms with van der Waals surface area (Å²) in [6.45, 7) is 0. The summed E-state index contributed by atoms with van der Waals surface area (Å²) in [5, 5.41) is 13.1. The molecule has 0 saturated heterocycles. The van der Waals surface area contributed by atoms with E-state index in [9.17, 15) is 0 Å². The molecular weight excluding hydrogens is 737 g/mol.